The summed E-state index contributed by atoms with van der Waals surface area (Å²) in [4.78, 5) is 22.2. The van der Waals surface area contributed by atoms with Crippen LogP contribution in [0.4, 0.5) is 13.2 Å². The summed E-state index contributed by atoms with van der Waals surface area (Å²) >= 11 is 3.81. The van der Waals surface area contributed by atoms with Gasteiger partial charge in [-0.2, -0.15) is 25.8 Å². The largest absolute Gasteiger partial charge is 0.394 e. The second-order valence-electron chi connectivity index (χ2n) is 3.41. The van der Waals surface area contributed by atoms with E-state index in [0.29, 0.717) is 5.75 Å². The van der Waals surface area contributed by atoms with E-state index in [4.69, 9.17) is 0 Å². The highest BCUT2D eigenvalue weighted by atomic mass is 32.1. The topological polar surface area (TPSA) is 58.2 Å². The van der Waals surface area contributed by atoms with Gasteiger partial charge in [-0.25, -0.2) is 0 Å². The van der Waals surface area contributed by atoms with Crippen LogP contribution in [0.15, 0.2) is 0 Å². The van der Waals surface area contributed by atoms with Crippen LogP contribution < -0.4 is 10.6 Å². The molecule has 8 heteroatoms. The molecule has 2 N–H and O–H groups in total. The Balaban J connectivity index is 2.70. The van der Waals surface area contributed by atoms with Gasteiger partial charge in [-0.05, 0) is 0 Å². The normalized spacial score (nSPS) is 25.4. The maximum absolute atomic E-state index is 12.5. The van der Waals surface area contributed by atoms with Gasteiger partial charge in [-0.15, -0.1) is 0 Å². The molecule has 1 heterocycles. The van der Waals surface area contributed by atoms with E-state index in [0.717, 1.165) is 0 Å². The first kappa shape index (κ1) is 13.1. The zero-order valence-electron chi connectivity index (χ0n) is 8.17. The van der Waals surface area contributed by atoms with E-state index in [2.05, 4.69) is 17.9 Å². The second kappa shape index (κ2) is 4.94. The molecule has 1 aliphatic rings. The van der Waals surface area contributed by atoms with E-state index in [1.54, 1.807) is 0 Å². The maximum atomic E-state index is 12.5. The fraction of sp³-hybridized carbons (Fsp3) is 0.750. The van der Waals surface area contributed by atoms with E-state index in [-0.39, 0.29) is 6.54 Å². The summed E-state index contributed by atoms with van der Waals surface area (Å²) in [5.41, 5.74) is 0. The molecule has 0 aromatic carbocycles. The summed E-state index contributed by atoms with van der Waals surface area (Å²) in [6, 6.07) is -1.52. The van der Waals surface area contributed by atoms with Crippen LogP contribution in [0, 0.1) is 5.92 Å². The lowest BCUT2D eigenvalue weighted by Gasteiger charge is -2.20. The van der Waals surface area contributed by atoms with E-state index in [9.17, 15) is 22.8 Å². The molecule has 92 valence electrons. The number of carbonyl (C=O) groups is 2. The molecule has 2 unspecified atom stereocenters. The molecular weight excluding hydrogens is 245 g/mol. The molecule has 1 aliphatic heterocycles. The van der Waals surface area contributed by atoms with Crippen LogP contribution in [0.25, 0.3) is 0 Å². The van der Waals surface area contributed by atoms with Crippen LogP contribution in [0.5, 0.6) is 0 Å². The molecule has 0 aliphatic carbocycles. The average molecular weight is 256 g/mol. The third-order valence-corrected chi connectivity index (χ3v) is 2.46. The maximum Gasteiger partial charge on any atom is 0.394 e. The Morgan fingerprint density at radius 3 is 2.69 bits per heavy atom. The molecule has 2 amide bonds. The molecule has 16 heavy (non-hydrogen) atoms. The summed E-state index contributed by atoms with van der Waals surface area (Å²) in [5, 5.41) is 4.29. The van der Waals surface area contributed by atoms with Crippen molar-refractivity contribution in [1.29, 1.82) is 0 Å². The van der Waals surface area contributed by atoms with Crippen molar-refractivity contribution in [3.05, 3.63) is 0 Å². The van der Waals surface area contributed by atoms with Gasteiger partial charge in [0, 0.05) is 18.7 Å². The van der Waals surface area contributed by atoms with Gasteiger partial charge in [0.15, 0.2) is 0 Å². The first-order valence-electron chi connectivity index (χ1n) is 4.61. The quantitative estimate of drug-likeness (QED) is 0.627. The third kappa shape index (κ3) is 3.03. The van der Waals surface area contributed by atoms with Crippen molar-refractivity contribution in [2.24, 2.45) is 5.92 Å². The molecule has 4 nitrogen and oxygen atoms in total. The third-order valence-electron chi connectivity index (χ3n) is 2.24. The van der Waals surface area contributed by atoms with Crippen LogP contribution in [0.2, 0.25) is 0 Å². The minimum absolute atomic E-state index is 0.166. The minimum atomic E-state index is -4.55. The van der Waals surface area contributed by atoms with Crippen LogP contribution in [-0.2, 0) is 9.59 Å². The Bertz CT molecular complexity index is 295. The average Bonchev–Trinajstić information content (AvgIpc) is 2.56. The summed E-state index contributed by atoms with van der Waals surface area (Å²) in [6.07, 6.45) is -5.25. The molecule has 0 aromatic heterocycles. The van der Waals surface area contributed by atoms with Crippen molar-refractivity contribution < 1.29 is 22.8 Å². The van der Waals surface area contributed by atoms with Crippen molar-refractivity contribution >= 4 is 24.4 Å². The van der Waals surface area contributed by atoms with E-state index < -0.39 is 36.4 Å². The summed E-state index contributed by atoms with van der Waals surface area (Å²) in [5.74, 6) is -3.20. The van der Waals surface area contributed by atoms with Gasteiger partial charge < -0.3 is 10.6 Å². The first-order valence-corrected chi connectivity index (χ1v) is 5.24. The zero-order valence-corrected chi connectivity index (χ0v) is 9.07. The lowest BCUT2D eigenvalue weighted by Crippen LogP contribution is -2.48. The number of amides is 2. The van der Waals surface area contributed by atoms with Gasteiger partial charge in [0.1, 0.15) is 6.04 Å². The Labute approximate surface area is 95.4 Å². The molecule has 0 bridgehead atoms. The number of rotatable bonds is 3. The molecule has 0 saturated carbocycles. The number of carbonyl (C=O) groups excluding carboxylic acids is 2. The van der Waals surface area contributed by atoms with E-state index in [1.807, 2.05) is 5.32 Å². The van der Waals surface area contributed by atoms with E-state index in [1.165, 1.54) is 0 Å². The number of hydrogen-bond donors (Lipinski definition) is 3. The lowest BCUT2D eigenvalue weighted by molar-refractivity contribution is -0.179. The first-order chi connectivity index (χ1) is 7.36. The number of hydrogen-bond acceptors (Lipinski definition) is 3. The monoisotopic (exact) mass is 256 g/mol. The van der Waals surface area contributed by atoms with Gasteiger partial charge in [0.25, 0.3) is 0 Å². The van der Waals surface area contributed by atoms with Gasteiger partial charge in [-0.3, -0.25) is 9.59 Å². The zero-order chi connectivity index (χ0) is 12.3. The van der Waals surface area contributed by atoms with Gasteiger partial charge >= 0.3 is 6.18 Å². The summed E-state index contributed by atoms with van der Waals surface area (Å²) < 4.78 is 37.4. The Hall–Kier alpha value is -0.920. The van der Waals surface area contributed by atoms with Crippen molar-refractivity contribution in [1.82, 2.24) is 10.6 Å². The predicted molar refractivity (Wildman–Crippen MR) is 53.0 cm³/mol. The van der Waals surface area contributed by atoms with Crippen molar-refractivity contribution in [2.45, 2.75) is 18.6 Å². The van der Waals surface area contributed by atoms with Crippen molar-refractivity contribution in [3.63, 3.8) is 0 Å². The number of thiol groups is 1. The summed E-state index contributed by atoms with van der Waals surface area (Å²) in [7, 11) is 0. The van der Waals surface area contributed by atoms with Crippen molar-refractivity contribution in [3.8, 4) is 0 Å². The number of halogens is 3. The van der Waals surface area contributed by atoms with Crippen LogP contribution in [0.1, 0.15) is 6.42 Å². The Morgan fingerprint density at radius 2 is 2.19 bits per heavy atom. The van der Waals surface area contributed by atoms with Crippen LogP contribution in [-0.4, -0.2) is 36.3 Å². The number of nitrogens with one attached hydrogen (secondary N) is 2. The van der Waals surface area contributed by atoms with Gasteiger partial charge in [-0.1, -0.05) is 0 Å². The highest BCUT2D eigenvalue weighted by Gasteiger charge is 2.52. The molecule has 1 fully saturated rings. The Morgan fingerprint density at radius 1 is 1.56 bits per heavy atom. The molecule has 0 spiro atoms. The Kier molecular flexibility index (Phi) is 4.06. The molecule has 0 radical (unpaired) electrons. The minimum Gasteiger partial charge on any atom is -0.353 e. The van der Waals surface area contributed by atoms with Crippen LogP contribution in [0.3, 0.4) is 0 Å². The molecule has 0 aromatic rings. The molecular formula is C8H11F3N2O2S. The van der Waals surface area contributed by atoms with Gasteiger partial charge in [0.2, 0.25) is 11.8 Å². The highest BCUT2D eigenvalue weighted by Crippen LogP contribution is 2.34. The predicted octanol–water partition coefficient (Wildman–Crippen LogP) is 0.0994. The molecule has 1 saturated heterocycles. The fourth-order valence-corrected chi connectivity index (χ4v) is 1.60. The van der Waals surface area contributed by atoms with Crippen molar-refractivity contribution in [2.75, 3.05) is 12.3 Å². The second-order valence-corrected chi connectivity index (χ2v) is 3.86. The lowest BCUT2D eigenvalue weighted by atomic mass is 9.99. The van der Waals surface area contributed by atoms with E-state index >= 15 is 0 Å². The van der Waals surface area contributed by atoms with Crippen LogP contribution >= 0.6 is 12.6 Å². The number of alkyl halides is 3. The molecule has 1 rings (SSSR count). The van der Waals surface area contributed by atoms with Gasteiger partial charge in [0.05, 0.1) is 5.92 Å². The standard InChI is InChI=1S/C8H11F3N2O2S/c9-8(10,11)4-3-5(14)13-6(4)7(15)12-1-2-16/h4,6,16H,1-3H2,(H,12,15)(H,13,14). The SMILES string of the molecule is O=C1CC(C(F)(F)F)C(C(=O)NCCS)N1. The molecule has 2 atom stereocenters. The fourth-order valence-electron chi connectivity index (χ4n) is 1.49. The summed E-state index contributed by atoms with van der Waals surface area (Å²) in [6.45, 7) is 0.166. The smallest absolute Gasteiger partial charge is 0.353 e. The highest BCUT2D eigenvalue weighted by molar-refractivity contribution is 7.80.